The van der Waals surface area contributed by atoms with Crippen molar-refractivity contribution in [3.8, 4) is 0 Å². The Bertz CT molecular complexity index is 399. The van der Waals surface area contributed by atoms with E-state index in [-0.39, 0.29) is 5.41 Å². The monoisotopic (exact) mass is 280 g/mol. The lowest BCUT2D eigenvalue weighted by Gasteiger charge is -2.31. The third kappa shape index (κ3) is 5.09. The van der Waals surface area contributed by atoms with Gasteiger partial charge in [-0.05, 0) is 37.7 Å². The molecule has 1 aromatic carbocycles. The second kappa shape index (κ2) is 6.68. The van der Waals surface area contributed by atoms with Gasteiger partial charge in [-0.15, -0.1) is 0 Å². The van der Waals surface area contributed by atoms with Crippen LogP contribution in [0.15, 0.2) is 24.3 Å². The average molecular weight is 280 g/mol. The molecule has 19 heavy (non-hydrogen) atoms. The highest BCUT2D eigenvalue weighted by Gasteiger charge is 2.30. The second-order valence-corrected chi connectivity index (χ2v) is 10.3. The first-order chi connectivity index (χ1) is 8.78. The Balaban J connectivity index is 2.68. The lowest BCUT2D eigenvalue weighted by molar-refractivity contribution is 0.0394. The summed E-state index contributed by atoms with van der Waals surface area (Å²) in [4.78, 5) is 0. The number of ether oxygens (including phenoxy) is 1. The van der Waals surface area contributed by atoms with E-state index in [0.717, 1.165) is 19.8 Å². The van der Waals surface area contributed by atoms with Gasteiger partial charge < -0.3 is 9.16 Å². The molecule has 0 fully saturated rings. The van der Waals surface area contributed by atoms with Gasteiger partial charge in [-0.3, -0.25) is 0 Å². The van der Waals surface area contributed by atoms with Crippen LogP contribution < -0.4 is 5.19 Å². The van der Waals surface area contributed by atoms with E-state index in [1.165, 1.54) is 10.8 Å². The maximum absolute atomic E-state index is 6.32. The molecule has 0 aromatic heterocycles. The van der Waals surface area contributed by atoms with Crippen molar-refractivity contribution in [2.45, 2.75) is 40.8 Å². The summed E-state index contributed by atoms with van der Waals surface area (Å²) < 4.78 is 11.8. The van der Waals surface area contributed by atoms with Crippen LogP contribution in [0.1, 0.15) is 26.3 Å². The predicted molar refractivity (Wildman–Crippen MR) is 84.5 cm³/mol. The normalized spacial score (nSPS) is 12.7. The first-order valence-corrected chi connectivity index (χ1v) is 9.97. The molecule has 1 rings (SSSR count). The van der Waals surface area contributed by atoms with Gasteiger partial charge >= 0.3 is 0 Å². The summed E-state index contributed by atoms with van der Waals surface area (Å²) in [6.07, 6.45) is 0. The Morgan fingerprint density at radius 2 is 1.74 bits per heavy atom. The minimum absolute atomic E-state index is 0.0724. The minimum Gasteiger partial charge on any atom is -0.412 e. The number of hydrogen-bond donors (Lipinski definition) is 0. The Morgan fingerprint density at radius 1 is 1.11 bits per heavy atom. The van der Waals surface area contributed by atoms with Gasteiger partial charge in [0.1, 0.15) is 0 Å². The Labute approximate surface area is 119 Å². The van der Waals surface area contributed by atoms with Gasteiger partial charge in [-0.1, -0.05) is 38.1 Å². The largest absolute Gasteiger partial charge is 0.412 e. The van der Waals surface area contributed by atoms with Crippen LogP contribution in [0.5, 0.6) is 0 Å². The summed E-state index contributed by atoms with van der Waals surface area (Å²) in [5.74, 6) is 0. The molecular formula is C16H28O2Si. The Morgan fingerprint density at radius 3 is 2.32 bits per heavy atom. The Kier molecular flexibility index (Phi) is 5.77. The van der Waals surface area contributed by atoms with Crippen molar-refractivity contribution in [3.63, 3.8) is 0 Å². The molecule has 0 bridgehead atoms. The van der Waals surface area contributed by atoms with Gasteiger partial charge in [0, 0.05) is 18.6 Å². The summed E-state index contributed by atoms with van der Waals surface area (Å²) in [7, 11) is -1.83. The van der Waals surface area contributed by atoms with Crippen LogP contribution in [0.2, 0.25) is 13.1 Å². The molecule has 0 saturated carbocycles. The van der Waals surface area contributed by atoms with Crippen molar-refractivity contribution in [1.29, 1.82) is 0 Å². The molecular weight excluding hydrogens is 252 g/mol. The lowest BCUT2D eigenvalue weighted by Crippen LogP contribution is -2.48. The van der Waals surface area contributed by atoms with Gasteiger partial charge in [0.05, 0.1) is 6.61 Å². The predicted octanol–water partition coefficient (Wildman–Crippen LogP) is 3.49. The van der Waals surface area contributed by atoms with Crippen LogP contribution >= 0.6 is 0 Å². The smallest absolute Gasteiger partial charge is 0.218 e. The van der Waals surface area contributed by atoms with Gasteiger partial charge in [0.25, 0.3) is 0 Å². The lowest BCUT2D eigenvalue weighted by atomic mass is 9.97. The van der Waals surface area contributed by atoms with Gasteiger partial charge in [-0.2, -0.15) is 0 Å². The van der Waals surface area contributed by atoms with Crippen LogP contribution in [0, 0.1) is 12.3 Å². The molecule has 0 amide bonds. The topological polar surface area (TPSA) is 18.5 Å². The molecule has 0 aliphatic heterocycles. The van der Waals surface area contributed by atoms with Gasteiger partial charge in [0.15, 0.2) is 0 Å². The minimum atomic E-state index is -1.83. The zero-order valence-corrected chi connectivity index (χ0v) is 14.2. The highest BCUT2D eigenvalue weighted by Crippen LogP contribution is 2.19. The highest BCUT2D eigenvalue weighted by atomic mass is 28.4. The number of benzene rings is 1. The fourth-order valence-electron chi connectivity index (χ4n) is 2.12. The SMILES string of the molecule is CCOCC(C)(C)CO[Si](C)(C)c1ccccc1C. The van der Waals surface area contributed by atoms with Crippen molar-refractivity contribution in [2.75, 3.05) is 19.8 Å². The Hall–Kier alpha value is -0.643. The van der Waals surface area contributed by atoms with Gasteiger partial charge in [-0.25, -0.2) is 0 Å². The van der Waals surface area contributed by atoms with Crippen LogP contribution in [0.25, 0.3) is 0 Å². The molecule has 0 unspecified atom stereocenters. The van der Waals surface area contributed by atoms with Crippen LogP contribution in [-0.2, 0) is 9.16 Å². The van der Waals surface area contributed by atoms with E-state index in [4.69, 9.17) is 9.16 Å². The van der Waals surface area contributed by atoms with Crippen LogP contribution in [0.4, 0.5) is 0 Å². The molecule has 1 aromatic rings. The third-order valence-electron chi connectivity index (χ3n) is 3.31. The van der Waals surface area contributed by atoms with Crippen molar-refractivity contribution in [1.82, 2.24) is 0 Å². The highest BCUT2D eigenvalue weighted by molar-refractivity contribution is 6.84. The molecule has 0 atom stereocenters. The van der Waals surface area contributed by atoms with Crippen LogP contribution in [-0.4, -0.2) is 28.1 Å². The van der Waals surface area contributed by atoms with Crippen molar-refractivity contribution in [2.24, 2.45) is 5.41 Å². The first-order valence-electron chi connectivity index (χ1n) is 7.06. The summed E-state index contributed by atoms with van der Waals surface area (Å²) >= 11 is 0. The standard InChI is InChI=1S/C16H28O2Si/c1-7-17-12-16(3,4)13-18-19(5,6)15-11-9-8-10-14(15)2/h8-11H,7,12-13H2,1-6H3. The summed E-state index contributed by atoms with van der Waals surface area (Å²) in [5.41, 5.74) is 1.41. The van der Waals surface area contributed by atoms with Gasteiger partial charge in [0.2, 0.25) is 8.32 Å². The average Bonchev–Trinajstić information content (AvgIpc) is 2.35. The summed E-state index contributed by atoms with van der Waals surface area (Å²) in [6, 6.07) is 8.56. The van der Waals surface area contributed by atoms with E-state index in [2.05, 4.69) is 58.1 Å². The molecule has 0 saturated heterocycles. The fraction of sp³-hybridized carbons (Fsp3) is 0.625. The van der Waals surface area contributed by atoms with E-state index >= 15 is 0 Å². The molecule has 0 heterocycles. The van der Waals surface area contributed by atoms with Crippen molar-refractivity contribution in [3.05, 3.63) is 29.8 Å². The summed E-state index contributed by atoms with van der Waals surface area (Å²) in [6.45, 7) is 15.4. The zero-order valence-electron chi connectivity index (χ0n) is 13.2. The van der Waals surface area contributed by atoms with E-state index < -0.39 is 8.32 Å². The summed E-state index contributed by atoms with van der Waals surface area (Å²) in [5, 5.41) is 1.39. The number of hydrogen-bond acceptors (Lipinski definition) is 2. The second-order valence-electron chi connectivity index (χ2n) is 6.42. The van der Waals surface area contributed by atoms with Crippen molar-refractivity contribution >= 4 is 13.5 Å². The molecule has 0 aliphatic carbocycles. The zero-order chi connectivity index (χ0) is 14.5. The number of aryl methyl sites for hydroxylation is 1. The van der Waals surface area contributed by atoms with Crippen LogP contribution in [0.3, 0.4) is 0 Å². The maximum Gasteiger partial charge on any atom is 0.218 e. The molecule has 0 N–H and O–H groups in total. The quantitative estimate of drug-likeness (QED) is 0.712. The molecule has 0 radical (unpaired) electrons. The third-order valence-corrected chi connectivity index (χ3v) is 6.04. The molecule has 0 spiro atoms. The first kappa shape index (κ1) is 16.4. The van der Waals surface area contributed by atoms with E-state index in [9.17, 15) is 0 Å². The fourth-order valence-corrected chi connectivity index (χ4v) is 4.56. The number of rotatable bonds is 7. The van der Waals surface area contributed by atoms with E-state index in [1.54, 1.807) is 0 Å². The molecule has 0 aliphatic rings. The van der Waals surface area contributed by atoms with Crippen molar-refractivity contribution < 1.29 is 9.16 Å². The van der Waals surface area contributed by atoms with E-state index in [0.29, 0.717) is 0 Å². The maximum atomic E-state index is 6.32. The molecule has 2 nitrogen and oxygen atoms in total. The molecule has 3 heteroatoms. The molecule has 108 valence electrons. The van der Waals surface area contributed by atoms with E-state index in [1.807, 2.05) is 6.92 Å².